The minimum atomic E-state index is 0. The third-order valence-electron chi connectivity index (χ3n) is 7.02. The molecular formula is C26H30ClN7O2. The van der Waals surface area contributed by atoms with E-state index >= 15 is 0 Å². The zero-order chi connectivity index (χ0) is 23.6. The van der Waals surface area contributed by atoms with Crippen LogP contribution in [0.15, 0.2) is 48.7 Å². The average Bonchev–Trinajstić information content (AvgIpc) is 3.57. The maximum atomic E-state index is 12.7. The van der Waals surface area contributed by atoms with Crippen molar-refractivity contribution in [1.82, 2.24) is 35.4 Å². The van der Waals surface area contributed by atoms with Crippen molar-refractivity contribution in [2.24, 2.45) is 5.92 Å². The first-order valence-corrected chi connectivity index (χ1v) is 12.3. The Morgan fingerprint density at radius 1 is 1.06 bits per heavy atom. The predicted molar refractivity (Wildman–Crippen MR) is 140 cm³/mol. The SMILES string of the molecule is Cl.O=C(c1ccc(-n2cc(-c3n[nH]c4ccc(CC5CCNCC5)cc34)nn2)cc1)N1CCOCC1. The Morgan fingerprint density at radius 2 is 1.83 bits per heavy atom. The lowest BCUT2D eigenvalue weighted by atomic mass is 9.90. The molecule has 0 atom stereocenters. The van der Waals surface area contributed by atoms with Crippen LogP contribution in [0.4, 0.5) is 0 Å². The Balaban J connectivity index is 0.00000267. The van der Waals surface area contributed by atoms with Gasteiger partial charge in [-0.1, -0.05) is 11.3 Å². The third kappa shape index (κ3) is 5.00. The van der Waals surface area contributed by atoms with Gasteiger partial charge in [-0.15, -0.1) is 17.5 Å². The molecule has 6 rings (SSSR count). The molecule has 2 fully saturated rings. The van der Waals surface area contributed by atoms with Crippen LogP contribution in [0.3, 0.4) is 0 Å². The van der Waals surface area contributed by atoms with Gasteiger partial charge in [-0.2, -0.15) is 5.10 Å². The first-order chi connectivity index (χ1) is 17.2. The van der Waals surface area contributed by atoms with Gasteiger partial charge in [-0.25, -0.2) is 4.68 Å². The van der Waals surface area contributed by atoms with Crippen LogP contribution in [0.5, 0.6) is 0 Å². The number of morpholine rings is 1. The summed E-state index contributed by atoms with van der Waals surface area (Å²) >= 11 is 0. The number of nitrogens with zero attached hydrogens (tertiary/aromatic N) is 5. The molecular weight excluding hydrogens is 478 g/mol. The summed E-state index contributed by atoms with van der Waals surface area (Å²) in [7, 11) is 0. The number of rotatable bonds is 5. The summed E-state index contributed by atoms with van der Waals surface area (Å²) in [6, 6.07) is 14.0. The molecule has 4 heterocycles. The number of carbonyl (C=O) groups excluding carboxylic acids is 1. The molecule has 0 radical (unpaired) electrons. The molecule has 0 saturated carbocycles. The van der Waals surface area contributed by atoms with E-state index < -0.39 is 0 Å². The van der Waals surface area contributed by atoms with E-state index in [0.717, 1.165) is 47.7 Å². The Hall–Kier alpha value is -3.27. The number of nitrogens with one attached hydrogen (secondary N) is 2. The lowest BCUT2D eigenvalue weighted by Gasteiger charge is -2.26. The number of amides is 1. The highest BCUT2D eigenvalue weighted by Gasteiger charge is 2.19. The van der Waals surface area contributed by atoms with Gasteiger partial charge < -0.3 is 15.0 Å². The van der Waals surface area contributed by atoms with Gasteiger partial charge in [-0.05, 0) is 80.2 Å². The number of hydrogen-bond acceptors (Lipinski definition) is 6. The summed E-state index contributed by atoms with van der Waals surface area (Å²) in [5.74, 6) is 0.755. The van der Waals surface area contributed by atoms with Crippen LogP contribution < -0.4 is 5.32 Å². The van der Waals surface area contributed by atoms with E-state index in [1.54, 1.807) is 4.68 Å². The molecule has 10 heteroatoms. The number of carbonyl (C=O) groups is 1. The van der Waals surface area contributed by atoms with Crippen LogP contribution in [-0.2, 0) is 11.2 Å². The Bertz CT molecular complexity index is 1320. The smallest absolute Gasteiger partial charge is 0.254 e. The van der Waals surface area contributed by atoms with Gasteiger partial charge in [0.2, 0.25) is 0 Å². The average molecular weight is 508 g/mol. The largest absolute Gasteiger partial charge is 0.378 e. The van der Waals surface area contributed by atoms with Crippen molar-refractivity contribution in [2.75, 3.05) is 39.4 Å². The molecule has 2 aliphatic rings. The number of hydrogen-bond donors (Lipinski definition) is 2. The molecule has 36 heavy (non-hydrogen) atoms. The summed E-state index contributed by atoms with van der Waals surface area (Å²) in [6.45, 7) is 4.65. The topological polar surface area (TPSA) is 101 Å². The second-order valence-corrected chi connectivity index (χ2v) is 9.35. The number of ether oxygens (including phenoxy) is 1. The third-order valence-corrected chi connectivity index (χ3v) is 7.02. The van der Waals surface area contributed by atoms with E-state index in [-0.39, 0.29) is 18.3 Å². The van der Waals surface area contributed by atoms with E-state index in [1.165, 1.54) is 18.4 Å². The van der Waals surface area contributed by atoms with Crippen LogP contribution in [0.2, 0.25) is 0 Å². The van der Waals surface area contributed by atoms with Gasteiger partial charge in [0.15, 0.2) is 0 Å². The van der Waals surface area contributed by atoms with Crippen molar-refractivity contribution in [2.45, 2.75) is 19.3 Å². The fourth-order valence-electron chi connectivity index (χ4n) is 5.01. The van der Waals surface area contributed by atoms with E-state index in [0.29, 0.717) is 37.6 Å². The van der Waals surface area contributed by atoms with Crippen LogP contribution in [0.25, 0.3) is 28.0 Å². The van der Waals surface area contributed by atoms with Crippen LogP contribution in [0, 0.1) is 5.92 Å². The molecule has 2 saturated heterocycles. The molecule has 188 valence electrons. The van der Waals surface area contributed by atoms with Gasteiger partial charge >= 0.3 is 0 Å². The number of halogens is 1. The lowest BCUT2D eigenvalue weighted by molar-refractivity contribution is 0.0303. The lowest BCUT2D eigenvalue weighted by Crippen LogP contribution is -2.40. The molecule has 2 N–H and O–H groups in total. The molecule has 2 aliphatic heterocycles. The monoisotopic (exact) mass is 507 g/mol. The second-order valence-electron chi connectivity index (χ2n) is 9.35. The fourth-order valence-corrected chi connectivity index (χ4v) is 5.01. The highest BCUT2D eigenvalue weighted by Crippen LogP contribution is 2.28. The maximum absolute atomic E-state index is 12.7. The molecule has 0 aliphatic carbocycles. The van der Waals surface area contributed by atoms with Crippen molar-refractivity contribution in [3.8, 4) is 17.1 Å². The van der Waals surface area contributed by atoms with Crippen molar-refractivity contribution in [3.63, 3.8) is 0 Å². The van der Waals surface area contributed by atoms with Gasteiger partial charge in [0.05, 0.1) is 30.6 Å². The van der Waals surface area contributed by atoms with Crippen LogP contribution in [0.1, 0.15) is 28.8 Å². The molecule has 2 aromatic heterocycles. The summed E-state index contributed by atoms with van der Waals surface area (Å²) in [5.41, 5.74) is 5.35. The van der Waals surface area contributed by atoms with Gasteiger partial charge in [-0.3, -0.25) is 9.89 Å². The molecule has 4 aromatic rings. The van der Waals surface area contributed by atoms with E-state index in [2.05, 4.69) is 44.0 Å². The molecule has 1 amide bonds. The maximum Gasteiger partial charge on any atom is 0.254 e. The van der Waals surface area contributed by atoms with E-state index in [9.17, 15) is 4.79 Å². The van der Waals surface area contributed by atoms with E-state index in [1.807, 2.05) is 35.4 Å². The first-order valence-electron chi connectivity index (χ1n) is 12.3. The fraction of sp³-hybridized carbons (Fsp3) is 0.385. The molecule has 2 aromatic carbocycles. The second kappa shape index (κ2) is 10.8. The normalized spacial score (nSPS) is 16.7. The first kappa shape index (κ1) is 24.4. The highest BCUT2D eigenvalue weighted by molar-refractivity contribution is 5.94. The molecule has 0 unspecified atom stereocenters. The van der Waals surface area contributed by atoms with Gasteiger partial charge in [0.1, 0.15) is 11.4 Å². The Labute approximate surface area is 215 Å². The zero-order valence-electron chi connectivity index (χ0n) is 20.0. The van der Waals surface area contributed by atoms with Gasteiger partial charge in [0, 0.05) is 24.0 Å². The molecule has 9 nitrogen and oxygen atoms in total. The number of aromatic amines is 1. The number of H-pyrrole nitrogens is 1. The minimum absolute atomic E-state index is 0. The Morgan fingerprint density at radius 3 is 2.61 bits per heavy atom. The molecule has 0 spiro atoms. The summed E-state index contributed by atoms with van der Waals surface area (Å²) < 4.78 is 7.06. The Kier molecular flexibility index (Phi) is 7.31. The zero-order valence-corrected chi connectivity index (χ0v) is 20.8. The van der Waals surface area contributed by atoms with Gasteiger partial charge in [0.25, 0.3) is 5.91 Å². The van der Waals surface area contributed by atoms with Crippen LogP contribution >= 0.6 is 12.4 Å². The highest BCUT2D eigenvalue weighted by atomic mass is 35.5. The van der Waals surface area contributed by atoms with Crippen molar-refractivity contribution in [3.05, 3.63) is 59.8 Å². The predicted octanol–water partition coefficient (Wildman–Crippen LogP) is 3.25. The van der Waals surface area contributed by atoms with Crippen molar-refractivity contribution >= 4 is 29.2 Å². The standard InChI is InChI=1S/C26H29N7O2.ClH/c34-26(32-11-13-35-14-12-32)20-2-4-21(5-3-20)33-17-24(29-31-33)25-22-16-19(1-6-23(22)28-30-25)15-18-7-9-27-10-8-18;/h1-6,16-18,27H,7-15H2,(H,28,30);1H. The summed E-state index contributed by atoms with van der Waals surface area (Å²) in [5, 5.41) is 20.9. The van der Waals surface area contributed by atoms with Crippen molar-refractivity contribution < 1.29 is 9.53 Å². The minimum Gasteiger partial charge on any atom is -0.378 e. The summed E-state index contributed by atoms with van der Waals surface area (Å²) in [4.78, 5) is 14.5. The quantitative estimate of drug-likeness (QED) is 0.430. The number of piperidine rings is 1. The number of benzene rings is 2. The number of fused-ring (bicyclic) bond motifs is 1. The van der Waals surface area contributed by atoms with Crippen molar-refractivity contribution in [1.29, 1.82) is 0 Å². The van der Waals surface area contributed by atoms with E-state index in [4.69, 9.17) is 4.74 Å². The number of aromatic nitrogens is 5. The molecule has 0 bridgehead atoms. The van der Waals surface area contributed by atoms with Crippen LogP contribution in [-0.4, -0.2) is 75.4 Å². The summed E-state index contributed by atoms with van der Waals surface area (Å²) in [6.07, 6.45) is 5.42.